The molecule has 0 spiro atoms. The Kier molecular flexibility index (Phi) is 2.57. The number of hydrogen-bond donors (Lipinski definition) is 0. The summed E-state index contributed by atoms with van der Waals surface area (Å²) in [7, 11) is 2.00. The molecule has 1 aliphatic rings. The monoisotopic (exact) mass is 283 g/mol. The highest BCUT2D eigenvalue weighted by molar-refractivity contribution is 6.29. The van der Waals surface area contributed by atoms with Gasteiger partial charge >= 0.3 is 0 Å². The molecule has 0 radical (unpaired) electrons. The van der Waals surface area contributed by atoms with Crippen molar-refractivity contribution in [1.29, 1.82) is 0 Å². The smallest absolute Gasteiger partial charge is 0.130 e. The van der Waals surface area contributed by atoms with Gasteiger partial charge in [0.25, 0.3) is 0 Å². The molecule has 0 amide bonds. The zero-order valence-electron chi connectivity index (χ0n) is 11.2. The Morgan fingerprint density at radius 2 is 2.05 bits per heavy atom. The third kappa shape index (κ3) is 1.98. The molecular formula is C16H14ClN3. The fourth-order valence-electron chi connectivity index (χ4n) is 2.61. The molecule has 0 atom stereocenters. The van der Waals surface area contributed by atoms with E-state index in [0.29, 0.717) is 11.1 Å². The Balaban J connectivity index is 1.85. The fourth-order valence-corrected chi connectivity index (χ4v) is 2.83. The number of aromatic nitrogens is 3. The van der Waals surface area contributed by atoms with Gasteiger partial charge in [-0.1, -0.05) is 17.7 Å². The van der Waals surface area contributed by atoms with E-state index in [2.05, 4.69) is 34.2 Å². The molecule has 0 aliphatic heterocycles. The van der Waals surface area contributed by atoms with Gasteiger partial charge in [-0.2, -0.15) is 0 Å². The molecule has 0 bridgehead atoms. The maximum Gasteiger partial charge on any atom is 0.130 e. The average molecular weight is 284 g/mol. The summed E-state index contributed by atoms with van der Waals surface area (Å²) in [6, 6.07) is 10.4. The van der Waals surface area contributed by atoms with E-state index in [1.54, 1.807) is 0 Å². The van der Waals surface area contributed by atoms with Gasteiger partial charge in [0.2, 0.25) is 0 Å². The van der Waals surface area contributed by atoms with Crippen LogP contribution in [0.15, 0.2) is 36.7 Å². The molecule has 20 heavy (non-hydrogen) atoms. The van der Waals surface area contributed by atoms with Gasteiger partial charge in [-0.15, -0.1) is 0 Å². The van der Waals surface area contributed by atoms with Crippen molar-refractivity contribution in [3.8, 4) is 11.3 Å². The summed E-state index contributed by atoms with van der Waals surface area (Å²) in [6.07, 6.45) is 4.35. The van der Waals surface area contributed by atoms with Crippen molar-refractivity contribution >= 4 is 22.6 Å². The van der Waals surface area contributed by atoms with E-state index in [-0.39, 0.29) is 0 Å². The largest absolute Gasteiger partial charge is 0.334 e. The van der Waals surface area contributed by atoms with E-state index in [1.165, 1.54) is 18.4 Å². The number of hydrogen-bond acceptors (Lipinski definition) is 2. The summed E-state index contributed by atoms with van der Waals surface area (Å²) < 4.78 is 2.01. The number of benzene rings is 1. The summed E-state index contributed by atoms with van der Waals surface area (Å²) >= 11 is 6.16. The SMILES string of the molecule is Cn1cnc2cc(-c3cc(C4CC4)cc(Cl)n3)ccc21. The van der Waals surface area contributed by atoms with Gasteiger partial charge in [0.15, 0.2) is 0 Å². The molecule has 3 aromatic rings. The Bertz CT molecular complexity index is 803. The summed E-state index contributed by atoms with van der Waals surface area (Å²) in [4.78, 5) is 8.86. The van der Waals surface area contributed by atoms with E-state index in [9.17, 15) is 0 Å². The number of pyridine rings is 1. The van der Waals surface area contributed by atoms with Gasteiger partial charge in [0.05, 0.1) is 23.1 Å². The van der Waals surface area contributed by atoms with Gasteiger partial charge in [-0.25, -0.2) is 9.97 Å². The van der Waals surface area contributed by atoms with Gasteiger partial charge in [-0.05, 0) is 48.6 Å². The second kappa shape index (κ2) is 4.32. The van der Waals surface area contributed by atoms with E-state index in [1.807, 2.05) is 24.0 Å². The summed E-state index contributed by atoms with van der Waals surface area (Å²) in [5.74, 6) is 0.674. The highest BCUT2D eigenvalue weighted by Crippen LogP contribution is 2.41. The molecule has 4 heteroatoms. The lowest BCUT2D eigenvalue weighted by atomic mass is 10.1. The zero-order chi connectivity index (χ0) is 13.7. The maximum absolute atomic E-state index is 6.16. The minimum Gasteiger partial charge on any atom is -0.334 e. The second-order valence-corrected chi connectivity index (χ2v) is 5.83. The second-order valence-electron chi connectivity index (χ2n) is 5.44. The molecule has 1 aliphatic carbocycles. The van der Waals surface area contributed by atoms with Crippen molar-refractivity contribution in [2.45, 2.75) is 18.8 Å². The number of nitrogens with zero attached hydrogens (tertiary/aromatic N) is 3. The van der Waals surface area contributed by atoms with Crippen molar-refractivity contribution in [2.75, 3.05) is 0 Å². The Labute approximate surface area is 122 Å². The zero-order valence-corrected chi connectivity index (χ0v) is 11.9. The van der Waals surface area contributed by atoms with Crippen LogP contribution in [0, 0.1) is 0 Å². The standard InChI is InChI=1S/C16H14ClN3/c1-20-9-18-14-6-11(4-5-15(14)20)13-7-12(10-2-3-10)8-16(17)19-13/h4-10H,2-3H2,1H3. The summed E-state index contributed by atoms with van der Waals surface area (Å²) in [6.45, 7) is 0. The average Bonchev–Trinajstić information content (AvgIpc) is 3.23. The van der Waals surface area contributed by atoms with Crippen LogP contribution >= 0.6 is 11.6 Å². The van der Waals surface area contributed by atoms with E-state index >= 15 is 0 Å². The molecule has 100 valence electrons. The molecule has 0 N–H and O–H groups in total. The molecule has 0 saturated heterocycles. The lowest BCUT2D eigenvalue weighted by molar-refractivity contribution is 0.948. The van der Waals surface area contributed by atoms with Crippen LogP contribution < -0.4 is 0 Å². The van der Waals surface area contributed by atoms with Crippen LogP contribution in [0.2, 0.25) is 5.15 Å². The number of rotatable bonds is 2. The molecule has 2 aromatic heterocycles. The van der Waals surface area contributed by atoms with Gasteiger partial charge < -0.3 is 4.57 Å². The predicted octanol–water partition coefficient (Wildman–Crippen LogP) is 4.17. The molecule has 1 fully saturated rings. The highest BCUT2D eigenvalue weighted by atomic mass is 35.5. The summed E-state index contributed by atoms with van der Waals surface area (Å²) in [5, 5.41) is 0.575. The van der Waals surface area contributed by atoms with Crippen LogP contribution in [-0.4, -0.2) is 14.5 Å². The van der Waals surface area contributed by atoms with Crippen LogP contribution in [0.3, 0.4) is 0 Å². The van der Waals surface area contributed by atoms with E-state index < -0.39 is 0 Å². The van der Waals surface area contributed by atoms with Crippen LogP contribution in [0.25, 0.3) is 22.3 Å². The number of halogens is 1. The predicted molar refractivity (Wildman–Crippen MR) is 80.9 cm³/mol. The molecular weight excluding hydrogens is 270 g/mol. The molecule has 2 heterocycles. The van der Waals surface area contributed by atoms with Gasteiger partial charge in [0.1, 0.15) is 5.15 Å². The lowest BCUT2D eigenvalue weighted by Gasteiger charge is -2.06. The minimum atomic E-state index is 0.575. The first kappa shape index (κ1) is 11.9. The Morgan fingerprint density at radius 3 is 2.85 bits per heavy atom. The first-order chi connectivity index (χ1) is 9.70. The molecule has 3 nitrogen and oxygen atoms in total. The normalized spacial score (nSPS) is 14.9. The molecule has 4 rings (SSSR count). The Morgan fingerprint density at radius 1 is 1.20 bits per heavy atom. The molecule has 0 unspecified atom stereocenters. The number of fused-ring (bicyclic) bond motifs is 1. The Hall–Kier alpha value is -1.87. The number of aryl methyl sites for hydroxylation is 1. The van der Waals surface area contributed by atoms with Crippen molar-refractivity contribution in [1.82, 2.24) is 14.5 Å². The highest BCUT2D eigenvalue weighted by Gasteiger charge is 2.24. The lowest BCUT2D eigenvalue weighted by Crippen LogP contribution is -1.89. The topological polar surface area (TPSA) is 30.7 Å². The third-order valence-corrected chi connectivity index (χ3v) is 4.08. The van der Waals surface area contributed by atoms with Gasteiger partial charge in [0, 0.05) is 12.6 Å². The van der Waals surface area contributed by atoms with Crippen LogP contribution in [0.1, 0.15) is 24.3 Å². The van der Waals surface area contributed by atoms with Crippen molar-refractivity contribution in [2.24, 2.45) is 7.05 Å². The minimum absolute atomic E-state index is 0.575. The molecule has 1 saturated carbocycles. The van der Waals surface area contributed by atoms with Crippen molar-refractivity contribution < 1.29 is 0 Å². The van der Waals surface area contributed by atoms with Crippen LogP contribution in [-0.2, 0) is 7.05 Å². The van der Waals surface area contributed by atoms with Crippen LogP contribution in [0.5, 0.6) is 0 Å². The van der Waals surface area contributed by atoms with Crippen LogP contribution in [0.4, 0.5) is 0 Å². The van der Waals surface area contributed by atoms with E-state index in [4.69, 9.17) is 11.6 Å². The number of imidazole rings is 1. The maximum atomic E-state index is 6.16. The van der Waals surface area contributed by atoms with E-state index in [0.717, 1.165) is 22.3 Å². The quantitative estimate of drug-likeness (QED) is 0.661. The summed E-state index contributed by atoms with van der Waals surface area (Å²) in [5.41, 5.74) is 5.42. The van der Waals surface area contributed by atoms with Crippen molar-refractivity contribution in [3.63, 3.8) is 0 Å². The molecule has 1 aromatic carbocycles. The first-order valence-electron chi connectivity index (χ1n) is 6.79. The third-order valence-electron chi connectivity index (χ3n) is 3.89. The first-order valence-corrected chi connectivity index (χ1v) is 7.17. The van der Waals surface area contributed by atoms with Gasteiger partial charge in [-0.3, -0.25) is 0 Å². The van der Waals surface area contributed by atoms with Crippen molar-refractivity contribution in [3.05, 3.63) is 47.4 Å². The fraction of sp³-hybridized carbons (Fsp3) is 0.250.